The minimum atomic E-state index is 0.00816. The molecule has 5 nitrogen and oxygen atoms in total. The van der Waals surface area contributed by atoms with Crippen molar-refractivity contribution in [2.75, 3.05) is 39.3 Å². The molecule has 1 atom stereocenters. The molecule has 0 bridgehead atoms. The van der Waals surface area contributed by atoms with Gasteiger partial charge in [0.15, 0.2) is 0 Å². The van der Waals surface area contributed by atoms with Crippen molar-refractivity contribution in [1.29, 1.82) is 0 Å². The molecule has 0 saturated carbocycles. The van der Waals surface area contributed by atoms with E-state index in [-0.39, 0.29) is 17.6 Å². The van der Waals surface area contributed by atoms with Crippen LogP contribution in [0.1, 0.15) is 69.2 Å². The van der Waals surface area contributed by atoms with Gasteiger partial charge in [0.2, 0.25) is 0 Å². The van der Waals surface area contributed by atoms with Gasteiger partial charge in [0.25, 0.3) is 5.91 Å². The molecule has 0 N–H and O–H groups in total. The molecule has 0 spiro atoms. The SMILES string of the molecule is CC1(C)CC(CN2CCC(Oc3cc(Cl)ccc3C(=O)N3CCCCC3)CC2)CCO1. The molecule has 0 aliphatic carbocycles. The normalized spacial score (nSPS) is 25.4. The van der Waals surface area contributed by atoms with Crippen LogP contribution in [0.5, 0.6) is 5.75 Å². The zero-order valence-electron chi connectivity index (χ0n) is 19.1. The van der Waals surface area contributed by atoms with E-state index in [0.717, 1.165) is 77.9 Å². The van der Waals surface area contributed by atoms with E-state index < -0.39 is 0 Å². The maximum Gasteiger partial charge on any atom is 0.257 e. The number of hydrogen-bond acceptors (Lipinski definition) is 4. The van der Waals surface area contributed by atoms with Crippen molar-refractivity contribution in [1.82, 2.24) is 9.80 Å². The summed E-state index contributed by atoms with van der Waals surface area (Å²) in [5, 5.41) is 0.616. The van der Waals surface area contributed by atoms with Crippen LogP contribution >= 0.6 is 11.6 Å². The summed E-state index contributed by atoms with van der Waals surface area (Å²) in [5.74, 6) is 1.43. The van der Waals surface area contributed by atoms with Gasteiger partial charge in [-0.3, -0.25) is 4.79 Å². The molecule has 6 heteroatoms. The minimum absolute atomic E-state index is 0.00816. The van der Waals surface area contributed by atoms with Crippen LogP contribution in [-0.2, 0) is 4.74 Å². The molecule has 3 heterocycles. The zero-order chi connectivity index (χ0) is 21.8. The standard InChI is InChI=1S/C25H37ClN2O3/c1-25(2)17-19(10-15-30-25)18-27-13-8-21(9-14-27)31-23-16-20(26)6-7-22(23)24(29)28-11-4-3-5-12-28/h6-7,16,19,21H,3-5,8-15,17-18H2,1-2H3. The van der Waals surface area contributed by atoms with E-state index in [1.54, 1.807) is 6.07 Å². The lowest BCUT2D eigenvalue weighted by atomic mass is 9.87. The van der Waals surface area contributed by atoms with Crippen LogP contribution in [0.2, 0.25) is 5.02 Å². The second-order valence-electron chi connectivity index (χ2n) is 10.1. The molecule has 1 unspecified atom stereocenters. The molecule has 31 heavy (non-hydrogen) atoms. The average molecular weight is 449 g/mol. The van der Waals surface area contributed by atoms with Crippen molar-refractivity contribution in [3.63, 3.8) is 0 Å². The summed E-state index contributed by atoms with van der Waals surface area (Å²) in [6, 6.07) is 5.44. The van der Waals surface area contributed by atoms with Crippen LogP contribution in [0.3, 0.4) is 0 Å². The Hall–Kier alpha value is -1.30. The number of ether oxygens (including phenoxy) is 2. The molecule has 4 rings (SSSR count). The van der Waals surface area contributed by atoms with Gasteiger partial charge in [-0.05, 0) is 82.9 Å². The maximum absolute atomic E-state index is 13.1. The van der Waals surface area contributed by atoms with E-state index >= 15 is 0 Å². The Morgan fingerprint density at radius 2 is 1.87 bits per heavy atom. The fourth-order valence-corrected chi connectivity index (χ4v) is 5.47. The fraction of sp³-hybridized carbons (Fsp3) is 0.720. The predicted octanol–water partition coefficient (Wildman–Crippen LogP) is 5.01. The smallest absolute Gasteiger partial charge is 0.257 e. The number of hydrogen-bond donors (Lipinski definition) is 0. The van der Waals surface area contributed by atoms with Gasteiger partial charge >= 0.3 is 0 Å². The third-order valence-corrected chi connectivity index (χ3v) is 7.20. The molecule has 3 aliphatic rings. The Labute approximate surface area is 192 Å². The van der Waals surface area contributed by atoms with Gasteiger partial charge in [0.1, 0.15) is 11.9 Å². The van der Waals surface area contributed by atoms with Crippen molar-refractivity contribution in [3.05, 3.63) is 28.8 Å². The molecule has 1 aromatic rings. The van der Waals surface area contributed by atoms with E-state index in [9.17, 15) is 4.79 Å². The Morgan fingerprint density at radius 1 is 1.13 bits per heavy atom. The highest BCUT2D eigenvalue weighted by Gasteiger charge is 2.31. The van der Waals surface area contributed by atoms with E-state index in [2.05, 4.69) is 18.7 Å². The van der Waals surface area contributed by atoms with E-state index in [0.29, 0.717) is 22.3 Å². The van der Waals surface area contributed by atoms with Gasteiger partial charge in [-0.15, -0.1) is 0 Å². The highest BCUT2D eigenvalue weighted by Crippen LogP contribution is 2.31. The summed E-state index contributed by atoms with van der Waals surface area (Å²) in [6.07, 6.45) is 7.76. The summed E-state index contributed by atoms with van der Waals surface area (Å²) >= 11 is 6.26. The van der Waals surface area contributed by atoms with E-state index in [1.165, 1.54) is 6.42 Å². The minimum Gasteiger partial charge on any atom is -0.489 e. The van der Waals surface area contributed by atoms with Gasteiger partial charge in [0.05, 0.1) is 11.2 Å². The van der Waals surface area contributed by atoms with Gasteiger partial charge in [-0.25, -0.2) is 0 Å². The number of nitrogens with zero attached hydrogens (tertiary/aromatic N) is 2. The quantitative estimate of drug-likeness (QED) is 0.634. The van der Waals surface area contributed by atoms with Crippen LogP contribution in [0.25, 0.3) is 0 Å². The van der Waals surface area contributed by atoms with E-state index in [4.69, 9.17) is 21.1 Å². The summed E-state index contributed by atoms with van der Waals surface area (Å²) in [6.45, 7) is 10.2. The fourth-order valence-electron chi connectivity index (χ4n) is 5.31. The zero-order valence-corrected chi connectivity index (χ0v) is 19.8. The van der Waals surface area contributed by atoms with Crippen molar-refractivity contribution in [2.24, 2.45) is 5.92 Å². The lowest BCUT2D eigenvalue weighted by molar-refractivity contribution is -0.0782. The maximum atomic E-state index is 13.1. The second-order valence-corrected chi connectivity index (χ2v) is 10.5. The molecule has 1 aromatic carbocycles. The Morgan fingerprint density at radius 3 is 2.58 bits per heavy atom. The predicted molar refractivity (Wildman–Crippen MR) is 124 cm³/mol. The third kappa shape index (κ3) is 6.15. The molecular formula is C25H37ClN2O3. The summed E-state index contributed by atoms with van der Waals surface area (Å²) in [5.41, 5.74) is 0.659. The van der Waals surface area contributed by atoms with Gasteiger partial charge < -0.3 is 19.3 Å². The largest absolute Gasteiger partial charge is 0.489 e. The van der Waals surface area contributed by atoms with Crippen molar-refractivity contribution < 1.29 is 14.3 Å². The number of benzene rings is 1. The highest BCUT2D eigenvalue weighted by molar-refractivity contribution is 6.30. The van der Waals surface area contributed by atoms with Crippen molar-refractivity contribution in [3.8, 4) is 5.75 Å². The molecule has 1 amide bonds. The lowest BCUT2D eigenvalue weighted by Crippen LogP contribution is -2.44. The van der Waals surface area contributed by atoms with Crippen molar-refractivity contribution in [2.45, 2.75) is 70.5 Å². The summed E-state index contributed by atoms with van der Waals surface area (Å²) in [7, 11) is 0. The number of piperidine rings is 2. The number of amides is 1. The second kappa shape index (κ2) is 10.1. The van der Waals surface area contributed by atoms with Crippen LogP contribution in [-0.4, -0.2) is 66.7 Å². The van der Waals surface area contributed by atoms with Gasteiger partial charge in [-0.1, -0.05) is 11.6 Å². The van der Waals surface area contributed by atoms with Crippen LogP contribution in [0.4, 0.5) is 0 Å². The van der Waals surface area contributed by atoms with E-state index in [1.807, 2.05) is 17.0 Å². The number of likely N-dealkylation sites (tertiary alicyclic amines) is 2. The number of halogens is 1. The number of carbonyl (C=O) groups excluding carboxylic acids is 1. The van der Waals surface area contributed by atoms with Gasteiger partial charge in [0, 0.05) is 44.4 Å². The first-order valence-corrected chi connectivity index (χ1v) is 12.4. The summed E-state index contributed by atoms with van der Waals surface area (Å²) in [4.78, 5) is 17.6. The molecular weight excluding hydrogens is 412 g/mol. The molecule has 0 radical (unpaired) electrons. The Bertz CT molecular complexity index is 755. The topological polar surface area (TPSA) is 42.0 Å². The first-order chi connectivity index (χ1) is 14.9. The first-order valence-electron chi connectivity index (χ1n) is 12.0. The molecule has 0 aromatic heterocycles. The number of rotatable bonds is 5. The third-order valence-electron chi connectivity index (χ3n) is 6.96. The molecule has 3 saturated heterocycles. The average Bonchev–Trinajstić information content (AvgIpc) is 2.75. The first kappa shape index (κ1) is 22.9. The van der Waals surface area contributed by atoms with Crippen molar-refractivity contribution >= 4 is 17.5 Å². The van der Waals surface area contributed by atoms with Crippen LogP contribution in [0.15, 0.2) is 18.2 Å². The lowest BCUT2D eigenvalue weighted by Gasteiger charge is -2.39. The molecule has 3 aliphatic heterocycles. The molecule has 3 fully saturated rings. The molecule has 172 valence electrons. The van der Waals surface area contributed by atoms with Crippen LogP contribution < -0.4 is 4.74 Å². The summed E-state index contributed by atoms with van der Waals surface area (Å²) < 4.78 is 12.2. The highest BCUT2D eigenvalue weighted by atomic mass is 35.5. The number of carbonyl (C=O) groups is 1. The monoisotopic (exact) mass is 448 g/mol. The Balaban J connectivity index is 1.33. The van der Waals surface area contributed by atoms with Crippen LogP contribution in [0, 0.1) is 5.92 Å². The van der Waals surface area contributed by atoms with Gasteiger partial charge in [-0.2, -0.15) is 0 Å². The Kier molecular flexibility index (Phi) is 7.45.